The van der Waals surface area contributed by atoms with Crippen molar-refractivity contribution in [1.82, 2.24) is 39.3 Å². The number of nitrogens with zero attached hydrogens (tertiary/aromatic N) is 7. The van der Waals surface area contributed by atoms with E-state index in [0.29, 0.717) is 39.2 Å². The predicted octanol–water partition coefficient (Wildman–Crippen LogP) is 2.33. The minimum atomic E-state index is -0.292. The molecule has 1 N–H and O–H groups in total. The Kier molecular flexibility index (Phi) is 4.43. The van der Waals surface area contributed by atoms with Crippen LogP contribution in [0.3, 0.4) is 0 Å². The first kappa shape index (κ1) is 18.3. The molecule has 0 aliphatic heterocycles. The van der Waals surface area contributed by atoms with Crippen molar-refractivity contribution in [2.75, 3.05) is 12.9 Å². The van der Waals surface area contributed by atoms with Crippen molar-refractivity contribution >= 4 is 28.4 Å². The SMILES string of the molecule is CCSc1n[nH]c(-n2ccc3nc4ncnn4c(-c4cccc(OC)c4)c3c2=O)n1. The third-order valence-electron chi connectivity index (χ3n) is 4.57. The lowest BCUT2D eigenvalue weighted by molar-refractivity contribution is 0.415. The molecule has 4 heterocycles. The molecule has 0 atom stereocenters. The second-order valence-electron chi connectivity index (χ2n) is 6.29. The zero-order chi connectivity index (χ0) is 20.7. The van der Waals surface area contributed by atoms with Crippen LogP contribution in [0.2, 0.25) is 0 Å². The first-order chi connectivity index (χ1) is 14.7. The van der Waals surface area contributed by atoms with Gasteiger partial charge in [0.05, 0.1) is 23.7 Å². The van der Waals surface area contributed by atoms with Gasteiger partial charge in [-0.1, -0.05) is 30.8 Å². The van der Waals surface area contributed by atoms with Crippen molar-refractivity contribution in [3.05, 3.63) is 53.2 Å². The lowest BCUT2D eigenvalue weighted by Gasteiger charge is -2.11. The minimum Gasteiger partial charge on any atom is -0.497 e. The van der Waals surface area contributed by atoms with Crippen LogP contribution in [0.15, 0.2) is 52.8 Å². The molecule has 0 bridgehead atoms. The van der Waals surface area contributed by atoms with Crippen LogP contribution in [0.4, 0.5) is 0 Å². The average Bonchev–Trinajstić information content (AvgIpc) is 3.42. The second-order valence-corrected chi connectivity index (χ2v) is 7.52. The van der Waals surface area contributed by atoms with E-state index >= 15 is 0 Å². The molecular formula is C19H16N8O2S. The van der Waals surface area contributed by atoms with Crippen LogP contribution >= 0.6 is 11.8 Å². The molecule has 4 aromatic heterocycles. The maximum absolute atomic E-state index is 13.5. The van der Waals surface area contributed by atoms with Gasteiger partial charge in [-0.2, -0.15) is 19.6 Å². The average molecular weight is 420 g/mol. The highest BCUT2D eigenvalue weighted by Gasteiger charge is 2.19. The number of pyridine rings is 1. The van der Waals surface area contributed by atoms with E-state index in [9.17, 15) is 4.79 Å². The van der Waals surface area contributed by atoms with E-state index in [1.807, 2.05) is 31.2 Å². The van der Waals surface area contributed by atoms with Crippen LogP contribution in [-0.2, 0) is 0 Å². The van der Waals surface area contributed by atoms with Crippen molar-refractivity contribution in [1.29, 1.82) is 0 Å². The first-order valence-electron chi connectivity index (χ1n) is 9.14. The molecule has 0 saturated heterocycles. The number of thioether (sulfide) groups is 1. The van der Waals surface area contributed by atoms with Crippen LogP contribution in [0.1, 0.15) is 6.92 Å². The summed E-state index contributed by atoms with van der Waals surface area (Å²) in [6.45, 7) is 2.01. The van der Waals surface area contributed by atoms with Gasteiger partial charge >= 0.3 is 0 Å². The number of hydrogen-bond donors (Lipinski definition) is 1. The van der Waals surface area contributed by atoms with Gasteiger partial charge < -0.3 is 4.74 Å². The van der Waals surface area contributed by atoms with E-state index < -0.39 is 0 Å². The molecule has 11 heteroatoms. The Labute approximate surface area is 174 Å². The lowest BCUT2D eigenvalue weighted by Crippen LogP contribution is -2.21. The number of nitrogens with one attached hydrogen (secondary N) is 1. The Morgan fingerprint density at radius 3 is 2.97 bits per heavy atom. The highest BCUT2D eigenvalue weighted by molar-refractivity contribution is 7.99. The molecule has 30 heavy (non-hydrogen) atoms. The van der Waals surface area contributed by atoms with E-state index in [0.717, 1.165) is 11.3 Å². The second kappa shape index (κ2) is 7.26. The molecule has 1 aromatic carbocycles. The summed E-state index contributed by atoms with van der Waals surface area (Å²) in [6.07, 6.45) is 3.04. The standard InChI is InChI=1S/C19H16N8O2S/c1-3-30-19-23-18(24-25-19)26-8-7-13-14(16(26)28)15(27-17(22-13)20-10-21-27)11-5-4-6-12(9-11)29-2/h4-10H,3H2,1-2H3,(H,23,24,25). The van der Waals surface area contributed by atoms with Gasteiger partial charge in [0.25, 0.3) is 11.3 Å². The molecule has 0 unspecified atom stereocenters. The van der Waals surface area contributed by atoms with Crippen molar-refractivity contribution in [2.45, 2.75) is 12.1 Å². The summed E-state index contributed by atoms with van der Waals surface area (Å²) in [5.74, 6) is 2.24. The van der Waals surface area contributed by atoms with E-state index in [-0.39, 0.29) is 5.56 Å². The maximum Gasteiger partial charge on any atom is 0.269 e. The Bertz CT molecular complexity index is 1440. The number of aromatic amines is 1. The van der Waals surface area contributed by atoms with E-state index in [1.165, 1.54) is 22.7 Å². The normalized spacial score (nSPS) is 11.4. The van der Waals surface area contributed by atoms with Gasteiger partial charge in [0, 0.05) is 11.8 Å². The zero-order valence-electron chi connectivity index (χ0n) is 16.1. The summed E-state index contributed by atoms with van der Waals surface area (Å²) >= 11 is 1.49. The third-order valence-corrected chi connectivity index (χ3v) is 5.30. The molecule has 0 saturated carbocycles. The predicted molar refractivity (Wildman–Crippen MR) is 112 cm³/mol. The van der Waals surface area contributed by atoms with Gasteiger partial charge in [-0.15, -0.1) is 5.10 Å². The summed E-state index contributed by atoms with van der Waals surface area (Å²) in [5, 5.41) is 12.2. The third kappa shape index (κ3) is 2.90. The number of aromatic nitrogens is 8. The maximum atomic E-state index is 13.5. The summed E-state index contributed by atoms with van der Waals surface area (Å²) < 4.78 is 8.34. The fourth-order valence-electron chi connectivity index (χ4n) is 3.27. The van der Waals surface area contributed by atoms with Crippen LogP contribution < -0.4 is 10.3 Å². The van der Waals surface area contributed by atoms with Gasteiger partial charge in [-0.3, -0.25) is 9.36 Å². The number of benzene rings is 1. The molecule has 5 aromatic rings. The molecule has 0 aliphatic rings. The van der Waals surface area contributed by atoms with Gasteiger partial charge in [0.15, 0.2) is 0 Å². The van der Waals surface area contributed by atoms with E-state index in [1.54, 1.807) is 23.9 Å². The highest BCUT2D eigenvalue weighted by atomic mass is 32.2. The lowest BCUT2D eigenvalue weighted by atomic mass is 10.1. The number of methoxy groups -OCH3 is 1. The fraction of sp³-hybridized carbons (Fsp3) is 0.158. The van der Waals surface area contributed by atoms with Gasteiger partial charge in [0.1, 0.15) is 12.1 Å². The fourth-order valence-corrected chi connectivity index (χ4v) is 3.79. The molecule has 10 nitrogen and oxygen atoms in total. The summed E-state index contributed by atoms with van der Waals surface area (Å²) in [5.41, 5.74) is 1.55. The molecule has 5 rings (SSSR count). The summed E-state index contributed by atoms with van der Waals surface area (Å²) in [7, 11) is 1.59. The first-order valence-corrected chi connectivity index (χ1v) is 10.1. The van der Waals surface area contributed by atoms with Gasteiger partial charge in [0.2, 0.25) is 11.1 Å². The molecule has 0 fully saturated rings. The van der Waals surface area contributed by atoms with Crippen LogP contribution in [0, 0.1) is 0 Å². The molecule has 0 radical (unpaired) electrons. The van der Waals surface area contributed by atoms with Crippen molar-refractivity contribution in [3.63, 3.8) is 0 Å². The molecular weight excluding hydrogens is 404 g/mol. The quantitative estimate of drug-likeness (QED) is 0.431. The van der Waals surface area contributed by atoms with E-state index in [4.69, 9.17) is 4.74 Å². The molecule has 0 spiro atoms. The Hall–Kier alpha value is -3.73. The van der Waals surface area contributed by atoms with Crippen molar-refractivity contribution in [2.24, 2.45) is 0 Å². The van der Waals surface area contributed by atoms with Crippen LogP contribution in [-0.4, -0.2) is 52.2 Å². The molecule has 0 aliphatic carbocycles. The van der Waals surface area contributed by atoms with Gasteiger partial charge in [-0.05, 0) is 24.0 Å². The Balaban J connectivity index is 1.83. The van der Waals surface area contributed by atoms with Crippen LogP contribution in [0.25, 0.3) is 33.9 Å². The topological polar surface area (TPSA) is 116 Å². The number of H-pyrrole nitrogens is 1. The minimum absolute atomic E-state index is 0.292. The number of hydrogen-bond acceptors (Lipinski definition) is 8. The van der Waals surface area contributed by atoms with Crippen molar-refractivity contribution < 1.29 is 4.74 Å². The smallest absolute Gasteiger partial charge is 0.269 e. The Morgan fingerprint density at radius 1 is 1.23 bits per heavy atom. The van der Waals surface area contributed by atoms with E-state index in [2.05, 4.69) is 30.2 Å². The monoisotopic (exact) mass is 420 g/mol. The Morgan fingerprint density at radius 2 is 2.13 bits per heavy atom. The summed E-state index contributed by atoms with van der Waals surface area (Å²) in [6, 6.07) is 9.18. The summed E-state index contributed by atoms with van der Waals surface area (Å²) in [4.78, 5) is 26.6. The number of rotatable bonds is 5. The molecule has 150 valence electrons. The van der Waals surface area contributed by atoms with Gasteiger partial charge in [-0.25, -0.2) is 10.1 Å². The van der Waals surface area contributed by atoms with Crippen molar-refractivity contribution in [3.8, 4) is 23.0 Å². The number of fused-ring (bicyclic) bond motifs is 2. The highest BCUT2D eigenvalue weighted by Crippen LogP contribution is 2.28. The molecule has 0 amide bonds. The number of ether oxygens (including phenoxy) is 1. The zero-order valence-corrected chi connectivity index (χ0v) is 16.9. The largest absolute Gasteiger partial charge is 0.497 e. The van der Waals surface area contributed by atoms with Crippen LogP contribution in [0.5, 0.6) is 5.75 Å².